The number of phenolic OH excluding ortho intramolecular Hbond substituents is 1. The second kappa shape index (κ2) is 6.73. The Labute approximate surface area is 123 Å². The number of hydrogen-bond acceptors (Lipinski definition) is 2. The van der Waals surface area contributed by atoms with Crippen LogP contribution in [-0.4, -0.2) is 11.1 Å². The van der Waals surface area contributed by atoms with E-state index in [1.54, 1.807) is 0 Å². The lowest BCUT2D eigenvalue weighted by Gasteiger charge is -2.15. The van der Waals surface area contributed by atoms with Gasteiger partial charge in [-0.15, -0.1) is 0 Å². The fourth-order valence-electron chi connectivity index (χ4n) is 2.05. The number of rotatable bonds is 5. The van der Waals surface area contributed by atoms with Gasteiger partial charge in [0.05, 0.1) is 0 Å². The van der Waals surface area contributed by atoms with E-state index in [0.29, 0.717) is 12.1 Å². The first-order valence-electron chi connectivity index (χ1n) is 6.50. The van der Waals surface area contributed by atoms with Gasteiger partial charge in [0.25, 0.3) is 0 Å². The number of nitrogens with one attached hydrogen (secondary N) is 1. The smallest absolute Gasteiger partial charge is 0.123 e. The highest BCUT2D eigenvalue weighted by atomic mass is 35.5. The van der Waals surface area contributed by atoms with Crippen LogP contribution in [-0.2, 0) is 13.0 Å². The van der Waals surface area contributed by atoms with E-state index >= 15 is 0 Å². The summed E-state index contributed by atoms with van der Waals surface area (Å²) < 4.78 is 13.1. The van der Waals surface area contributed by atoms with Gasteiger partial charge in [-0.1, -0.05) is 29.8 Å². The summed E-state index contributed by atoms with van der Waals surface area (Å²) in [6.45, 7) is 2.44. The zero-order valence-corrected chi connectivity index (χ0v) is 12.0. The molecule has 1 unspecified atom stereocenters. The van der Waals surface area contributed by atoms with E-state index in [4.69, 9.17) is 11.6 Å². The summed E-state index contributed by atoms with van der Waals surface area (Å²) >= 11 is 6.11. The molecule has 0 fully saturated rings. The largest absolute Gasteiger partial charge is 0.508 e. The predicted molar refractivity (Wildman–Crippen MR) is 79.5 cm³/mol. The zero-order valence-electron chi connectivity index (χ0n) is 11.2. The summed E-state index contributed by atoms with van der Waals surface area (Å²) in [6.07, 6.45) is 0.774. The fraction of sp³-hybridized carbons (Fsp3) is 0.250. The molecule has 0 saturated carbocycles. The van der Waals surface area contributed by atoms with E-state index in [9.17, 15) is 9.50 Å². The monoisotopic (exact) mass is 293 g/mol. The van der Waals surface area contributed by atoms with Crippen LogP contribution in [0.3, 0.4) is 0 Å². The van der Waals surface area contributed by atoms with Crippen molar-refractivity contribution in [2.45, 2.75) is 25.9 Å². The van der Waals surface area contributed by atoms with Crippen molar-refractivity contribution in [2.24, 2.45) is 0 Å². The van der Waals surface area contributed by atoms with Crippen molar-refractivity contribution >= 4 is 11.6 Å². The van der Waals surface area contributed by atoms with E-state index in [1.807, 2.05) is 31.2 Å². The Morgan fingerprint density at radius 2 is 1.95 bits per heavy atom. The van der Waals surface area contributed by atoms with Gasteiger partial charge in [0.2, 0.25) is 0 Å². The molecule has 4 heteroatoms. The molecule has 0 saturated heterocycles. The third-order valence-electron chi connectivity index (χ3n) is 3.17. The normalized spacial score (nSPS) is 12.3. The molecule has 2 rings (SSSR count). The molecule has 0 spiro atoms. The van der Waals surface area contributed by atoms with Crippen LogP contribution in [0.25, 0.3) is 0 Å². The molecule has 0 radical (unpaired) electrons. The molecule has 2 aromatic rings. The molecular weight excluding hydrogens is 277 g/mol. The Kier molecular flexibility index (Phi) is 4.99. The third-order valence-corrected chi connectivity index (χ3v) is 3.54. The van der Waals surface area contributed by atoms with Crippen LogP contribution in [0, 0.1) is 5.82 Å². The standard InChI is InChI=1S/C16H17ClFNO/c1-11(8-12-4-2-3-5-15(12)17)19-10-13-9-14(18)6-7-16(13)20/h2-7,9,11,19-20H,8,10H2,1H3. The van der Waals surface area contributed by atoms with Gasteiger partial charge in [-0.25, -0.2) is 4.39 Å². The number of aromatic hydroxyl groups is 1. The van der Waals surface area contributed by atoms with E-state index < -0.39 is 0 Å². The lowest BCUT2D eigenvalue weighted by atomic mass is 10.1. The maximum atomic E-state index is 13.1. The van der Waals surface area contributed by atoms with Crippen LogP contribution in [0.1, 0.15) is 18.1 Å². The van der Waals surface area contributed by atoms with Gasteiger partial charge in [-0.2, -0.15) is 0 Å². The third kappa shape index (κ3) is 3.95. The SMILES string of the molecule is CC(Cc1ccccc1Cl)NCc1cc(F)ccc1O. The highest BCUT2D eigenvalue weighted by Gasteiger charge is 2.08. The summed E-state index contributed by atoms with van der Waals surface area (Å²) in [5.41, 5.74) is 1.62. The van der Waals surface area contributed by atoms with Gasteiger partial charge in [-0.05, 0) is 43.2 Å². The molecule has 0 amide bonds. The van der Waals surface area contributed by atoms with Gasteiger partial charge in [-0.3, -0.25) is 0 Å². The van der Waals surface area contributed by atoms with E-state index in [1.165, 1.54) is 18.2 Å². The summed E-state index contributed by atoms with van der Waals surface area (Å²) in [5, 5.41) is 13.7. The van der Waals surface area contributed by atoms with Crippen molar-refractivity contribution in [3.63, 3.8) is 0 Å². The van der Waals surface area contributed by atoms with Crippen molar-refractivity contribution in [1.82, 2.24) is 5.32 Å². The lowest BCUT2D eigenvalue weighted by molar-refractivity contribution is 0.455. The van der Waals surface area contributed by atoms with Gasteiger partial charge in [0.15, 0.2) is 0 Å². The minimum atomic E-state index is -0.349. The molecule has 0 heterocycles. The van der Waals surface area contributed by atoms with Gasteiger partial charge < -0.3 is 10.4 Å². The van der Waals surface area contributed by atoms with E-state index in [0.717, 1.165) is 17.0 Å². The highest BCUT2D eigenvalue weighted by Crippen LogP contribution is 2.19. The highest BCUT2D eigenvalue weighted by molar-refractivity contribution is 6.31. The average molecular weight is 294 g/mol. The van der Waals surface area contributed by atoms with Crippen LogP contribution in [0.2, 0.25) is 5.02 Å². The molecule has 2 aromatic carbocycles. The summed E-state index contributed by atoms with van der Waals surface area (Å²) in [7, 11) is 0. The minimum Gasteiger partial charge on any atom is -0.508 e. The summed E-state index contributed by atoms with van der Waals surface area (Å²) in [4.78, 5) is 0. The molecule has 2 N–H and O–H groups in total. The number of benzene rings is 2. The Morgan fingerprint density at radius 1 is 1.20 bits per heavy atom. The molecule has 0 bridgehead atoms. The van der Waals surface area contributed by atoms with Crippen molar-refractivity contribution in [3.05, 3.63) is 64.4 Å². The molecule has 0 aliphatic carbocycles. The molecule has 106 valence electrons. The second-order valence-electron chi connectivity index (χ2n) is 4.85. The van der Waals surface area contributed by atoms with Crippen LogP contribution in [0.5, 0.6) is 5.75 Å². The maximum absolute atomic E-state index is 13.1. The van der Waals surface area contributed by atoms with E-state index in [2.05, 4.69) is 5.32 Å². The Hall–Kier alpha value is -1.58. The maximum Gasteiger partial charge on any atom is 0.123 e. The number of phenols is 1. The molecule has 0 aliphatic heterocycles. The van der Waals surface area contributed by atoms with Crippen LogP contribution < -0.4 is 5.32 Å². The first-order valence-corrected chi connectivity index (χ1v) is 6.88. The predicted octanol–water partition coefficient (Wildman–Crippen LogP) is 3.91. The summed E-state index contributed by atoms with van der Waals surface area (Å²) in [6, 6.07) is 11.8. The Bertz CT molecular complexity index is 588. The second-order valence-corrected chi connectivity index (χ2v) is 5.26. The molecular formula is C16H17ClFNO. The molecule has 1 atom stereocenters. The average Bonchev–Trinajstić information content (AvgIpc) is 2.42. The van der Waals surface area contributed by atoms with Gasteiger partial charge in [0, 0.05) is 23.2 Å². The first-order chi connectivity index (χ1) is 9.56. The Morgan fingerprint density at radius 3 is 2.70 bits per heavy atom. The van der Waals surface area contributed by atoms with Crippen LogP contribution in [0.15, 0.2) is 42.5 Å². The van der Waals surface area contributed by atoms with E-state index in [-0.39, 0.29) is 17.6 Å². The van der Waals surface area contributed by atoms with Crippen molar-refractivity contribution < 1.29 is 9.50 Å². The molecule has 2 nitrogen and oxygen atoms in total. The molecule has 0 aromatic heterocycles. The minimum absolute atomic E-state index is 0.101. The zero-order chi connectivity index (χ0) is 14.5. The van der Waals surface area contributed by atoms with Crippen molar-refractivity contribution in [2.75, 3.05) is 0 Å². The Balaban J connectivity index is 1.94. The topological polar surface area (TPSA) is 32.3 Å². The quantitative estimate of drug-likeness (QED) is 0.876. The van der Waals surface area contributed by atoms with Crippen LogP contribution >= 0.6 is 11.6 Å². The number of hydrogen-bond donors (Lipinski definition) is 2. The fourth-order valence-corrected chi connectivity index (χ4v) is 2.26. The molecule has 20 heavy (non-hydrogen) atoms. The lowest BCUT2D eigenvalue weighted by Crippen LogP contribution is -2.27. The first kappa shape index (κ1) is 14.8. The number of halogens is 2. The molecule has 0 aliphatic rings. The van der Waals surface area contributed by atoms with Gasteiger partial charge >= 0.3 is 0 Å². The van der Waals surface area contributed by atoms with Crippen molar-refractivity contribution in [3.8, 4) is 5.75 Å². The van der Waals surface area contributed by atoms with Crippen molar-refractivity contribution in [1.29, 1.82) is 0 Å². The van der Waals surface area contributed by atoms with Crippen LogP contribution in [0.4, 0.5) is 4.39 Å². The summed E-state index contributed by atoms with van der Waals surface area (Å²) in [5.74, 6) is -0.248. The van der Waals surface area contributed by atoms with Gasteiger partial charge in [0.1, 0.15) is 11.6 Å².